The lowest BCUT2D eigenvalue weighted by atomic mass is 9.79. The fraction of sp³-hybridized carbons (Fsp3) is 0.446. The molecule has 0 unspecified atom stereocenters. The maximum Gasteiger partial charge on any atom is 0.188 e. The molecule has 0 aromatic heterocycles. The predicted octanol–water partition coefficient (Wildman–Crippen LogP) is 17.6. The molecule has 0 spiro atoms. The van der Waals surface area contributed by atoms with Crippen LogP contribution in [-0.2, 0) is 9.47 Å². The monoisotopic (exact) mass is 957 g/mol. The molecular formula is C65H80O6. The van der Waals surface area contributed by atoms with Crippen LogP contribution in [0.15, 0.2) is 132 Å². The smallest absolute Gasteiger partial charge is 0.188 e. The first-order chi connectivity index (χ1) is 34.6. The zero-order chi connectivity index (χ0) is 49.7. The summed E-state index contributed by atoms with van der Waals surface area (Å²) in [6.07, 6.45) is 25.6. The van der Waals surface area contributed by atoms with Gasteiger partial charge in [0.15, 0.2) is 13.6 Å². The highest BCUT2D eigenvalue weighted by Gasteiger charge is 2.29. The molecule has 8 rings (SSSR count). The molecular weight excluding hydrogens is 877 g/mol. The van der Waals surface area contributed by atoms with Crippen molar-refractivity contribution in [2.45, 2.75) is 143 Å². The van der Waals surface area contributed by atoms with Crippen molar-refractivity contribution in [1.29, 1.82) is 0 Å². The number of para-hydroxylation sites is 2. The fourth-order valence-electron chi connectivity index (χ4n) is 11.2. The summed E-state index contributed by atoms with van der Waals surface area (Å²) in [6.45, 7) is 19.4. The number of aryl methyl sites for hydroxylation is 2. The van der Waals surface area contributed by atoms with Gasteiger partial charge in [-0.05, 0) is 209 Å². The molecule has 0 atom stereocenters. The van der Waals surface area contributed by atoms with E-state index in [0.29, 0.717) is 13.2 Å². The number of ether oxygens (including phenoxy) is 6. The summed E-state index contributed by atoms with van der Waals surface area (Å²) in [6, 6.07) is 25.8. The molecule has 0 amide bonds. The van der Waals surface area contributed by atoms with E-state index in [1.165, 1.54) is 96.0 Å². The van der Waals surface area contributed by atoms with Crippen molar-refractivity contribution >= 4 is 11.1 Å². The maximum atomic E-state index is 6.91. The van der Waals surface area contributed by atoms with E-state index in [9.17, 15) is 0 Å². The van der Waals surface area contributed by atoms with Crippen molar-refractivity contribution in [3.8, 4) is 45.3 Å². The molecule has 4 aliphatic rings. The normalized spacial score (nSPS) is 20.9. The van der Waals surface area contributed by atoms with E-state index in [2.05, 4.69) is 101 Å². The second kappa shape index (κ2) is 24.7. The van der Waals surface area contributed by atoms with Crippen LogP contribution in [0.3, 0.4) is 0 Å². The average molecular weight is 957 g/mol. The summed E-state index contributed by atoms with van der Waals surface area (Å²) in [4.78, 5) is 0. The molecule has 71 heavy (non-hydrogen) atoms. The van der Waals surface area contributed by atoms with Gasteiger partial charge < -0.3 is 28.4 Å². The van der Waals surface area contributed by atoms with Crippen LogP contribution < -0.4 is 18.9 Å². The van der Waals surface area contributed by atoms with E-state index in [1.54, 1.807) is 14.2 Å². The summed E-state index contributed by atoms with van der Waals surface area (Å²) in [7, 11) is 3.37. The summed E-state index contributed by atoms with van der Waals surface area (Å²) < 4.78 is 38.4. The highest BCUT2D eigenvalue weighted by molar-refractivity contribution is 5.93. The molecule has 6 heteroatoms. The van der Waals surface area contributed by atoms with Gasteiger partial charge in [-0.15, -0.1) is 0 Å². The Morgan fingerprint density at radius 3 is 1.28 bits per heavy atom. The van der Waals surface area contributed by atoms with Gasteiger partial charge in [-0.3, -0.25) is 0 Å². The highest BCUT2D eigenvalue weighted by atomic mass is 16.7. The van der Waals surface area contributed by atoms with E-state index < -0.39 is 0 Å². The molecule has 4 aliphatic carbocycles. The van der Waals surface area contributed by atoms with Crippen molar-refractivity contribution in [3.05, 3.63) is 154 Å². The standard InChI is InChI=1S/C65H80O6/c1-45-37-55(63(70-43-66-7)57(39-45)61-47(3)25-13-9-11-15-27-49-29-17-19-31-51(49)61)53-33-21-23-35-59(53)68-41-65(5,6)42-69-60-36-24-22-34-54(60)56-38-46(2)40-58(64(56)71-44-67-8)62-48(4)26-14-10-12-16-28-50-30-18-20-32-52(50)62/h21-24,27-28,33-40H,3-4,9-20,25-26,29-32,41-44H2,1-2,5-8H3/b49-27-,50-28-,61-51+,62-52+. The number of hydrogen-bond donors (Lipinski definition) is 0. The number of fused-ring (bicyclic) bond motifs is 2. The van der Waals surface area contributed by atoms with Gasteiger partial charge >= 0.3 is 0 Å². The number of rotatable bonds is 16. The summed E-state index contributed by atoms with van der Waals surface area (Å²) in [5.74, 6) is 3.20. The quantitative estimate of drug-likeness (QED) is 0.104. The number of hydrogen-bond acceptors (Lipinski definition) is 6. The van der Waals surface area contributed by atoms with Crippen molar-refractivity contribution < 1.29 is 28.4 Å². The van der Waals surface area contributed by atoms with Gasteiger partial charge in [0.25, 0.3) is 0 Å². The Hall–Kier alpha value is -5.56. The van der Waals surface area contributed by atoms with Crippen LogP contribution in [0.25, 0.3) is 33.4 Å². The van der Waals surface area contributed by atoms with Crippen LogP contribution in [0, 0.1) is 19.3 Å². The van der Waals surface area contributed by atoms with Gasteiger partial charge in [-0.1, -0.05) is 88.4 Å². The SMILES string of the molecule is C=C1CCCCC/C=C2/CCCC/C2=C/1c1cc(C)cc(-c2ccccc2OCC(C)(C)COc2ccccc2-c2cc(C)cc(/C3=C4\CCCC\C4=C\CCCCCC3=C)c2OCOC)c1OCOC. The minimum atomic E-state index is -0.380. The van der Waals surface area contributed by atoms with Crippen molar-refractivity contribution in [3.63, 3.8) is 0 Å². The second-order valence-electron chi connectivity index (χ2n) is 21.2. The highest BCUT2D eigenvalue weighted by Crippen LogP contribution is 2.50. The fourth-order valence-corrected chi connectivity index (χ4v) is 11.2. The first kappa shape index (κ1) is 51.8. The largest absolute Gasteiger partial charge is 0.492 e. The summed E-state index contributed by atoms with van der Waals surface area (Å²) in [5.41, 5.74) is 18.8. The molecule has 2 fully saturated rings. The molecule has 2 saturated carbocycles. The Labute approximate surface area is 426 Å². The van der Waals surface area contributed by atoms with E-state index in [4.69, 9.17) is 41.6 Å². The summed E-state index contributed by atoms with van der Waals surface area (Å²) >= 11 is 0. The van der Waals surface area contributed by atoms with E-state index in [-0.39, 0.29) is 19.0 Å². The van der Waals surface area contributed by atoms with Gasteiger partial charge in [0, 0.05) is 53.0 Å². The van der Waals surface area contributed by atoms with Crippen molar-refractivity contribution in [2.24, 2.45) is 5.41 Å². The molecule has 6 nitrogen and oxygen atoms in total. The molecule has 0 saturated heterocycles. The van der Waals surface area contributed by atoms with Crippen LogP contribution in [0.2, 0.25) is 0 Å². The number of methoxy groups -OCH3 is 2. The Morgan fingerprint density at radius 1 is 0.451 bits per heavy atom. The summed E-state index contributed by atoms with van der Waals surface area (Å²) in [5, 5.41) is 0. The first-order valence-electron chi connectivity index (χ1n) is 26.8. The lowest BCUT2D eigenvalue weighted by Crippen LogP contribution is -2.29. The molecule has 4 aromatic carbocycles. The third-order valence-corrected chi connectivity index (χ3v) is 14.7. The number of allylic oxidation sites excluding steroid dienone is 10. The van der Waals surface area contributed by atoms with Gasteiger partial charge in [-0.2, -0.15) is 0 Å². The zero-order valence-corrected chi connectivity index (χ0v) is 44.0. The molecule has 0 heterocycles. The lowest BCUT2D eigenvalue weighted by Gasteiger charge is -2.29. The van der Waals surface area contributed by atoms with Gasteiger partial charge in [0.1, 0.15) is 23.0 Å². The third-order valence-electron chi connectivity index (χ3n) is 14.7. The second-order valence-corrected chi connectivity index (χ2v) is 21.2. The van der Waals surface area contributed by atoms with Crippen LogP contribution in [0.4, 0.5) is 0 Å². The van der Waals surface area contributed by atoms with Crippen LogP contribution in [-0.4, -0.2) is 41.0 Å². The van der Waals surface area contributed by atoms with Gasteiger partial charge in [0.05, 0.1) is 13.2 Å². The molecule has 0 aliphatic heterocycles. The Bertz CT molecular complexity index is 2490. The Kier molecular flexibility index (Phi) is 18.0. The Morgan fingerprint density at radius 2 is 0.845 bits per heavy atom. The Balaban J connectivity index is 1.11. The van der Waals surface area contributed by atoms with E-state index in [0.717, 1.165) is 132 Å². The van der Waals surface area contributed by atoms with Gasteiger partial charge in [0.2, 0.25) is 0 Å². The maximum absolute atomic E-state index is 6.91. The lowest BCUT2D eigenvalue weighted by molar-refractivity contribution is 0.0511. The number of benzene rings is 4. The molecule has 376 valence electrons. The minimum Gasteiger partial charge on any atom is -0.492 e. The minimum absolute atomic E-state index is 0.131. The van der Waals surface area contributed by atoms with Crippen molar-refractivity contribution in [1.82, 2.24) is 0 Å². The third kappa shape index (κ3) is 12.7. The van der Waals surface area contributed by atoms with Crippen LogP contribution >= 0.6 is 0 Å². The van der Waals surface area contributed by atoms with E-state index in [1.807, 2.05) is 12.1 Å². The van der Waals surface area contributed by atoms with E-state index >= 15 is 0 Å². The predicted molar refractivity (Wildman–Crippen MR) is 294 cm³/mol. The van der Waals surface area contributed by atoms with Crippen LogP contribution in [0.5, 0.6) is 23.0 Å². The molecule has 4 aromatic rings. The van der Waals surface area contributed by atoms with Crippen LogP contribution in [0.1, 0.15) is 152 Å². The molecule has 0 N–H and O–H groups in total. The molecule has 0 bridgehead atoms. The first-order valence-corrected chi connectivity index (χ1v) is 26.8. The molecule has 0 radical (unpaired) electrons. The zero-order valence-electron chi connectivity index (χ0n) is 44.0. The van der Waals surface area contributed by atoms with Crippen molar-refractivity contribution in [2.75, 3.05) is 41.0 Å². The van der Waals surface area contributed by atoms with Gasteiger partial charge in [-0.25, -0.2) is 0 Å². The topological polar surface area (TPSA) is 55.4 Å². The average Bonchev–Trinajstić information content (AvgIpc) is 3.37.